The summed E-state index contributed by atoms with van der Waals surface area (Å²) in [5.41, 5.74) is 5.20. The van der Waals surface area contributed by atoms with Gasteiger partial charge in [-0.05, 0) is 24.8 Å². The largest absolute Gasteiger partial charge is 0.308 e. The predicted molar refractivity (Wildman–Crippen MR) is 81.2 cm³/mol. The molecule has 0 heterocycles. The molecule has 0 bridgehead atoms. The molecule has 2 rings (SSSR count). The second-order valence-corrected chi connectivity index (χ2v) is 5.32. The topological polar surface area (TPSA) is 50.4 Å². The maximum absolute atomic E-state index is 5.65. The van der Waals surface area contributed by atoms with E-state index in [0.29, 0.717) is 6.04 Å². The van der Waals surface area contributed by atoms with Crippen LogP contribution < -0.4 is 11.3 Å². The first-order chi connectivity index (χ1) is 9.33. The third-order valence-corrected chi connectivity index (χ3v) is 3.91. The van der Waals surface area contributed by atoms with Gasteiger partial charge in [0.2, 0.25) is 0 Å². The first-order valence-corrected chi connectivity index (χ1v) is 7.47. The number of aryl methyl sites for hydroxylation is 1. The number of aliphatic imine (C=N–C) groups is 1. The molecule has 0 unspecified atom stereocenters. The standard InChI is InChI=1S/C16H25N3/c1-2-13-9-11-14(12-10-13)16(19-17)18-15-7-5-3-4-6-8-15/h9-12,15H,2-8,17H2,1H3,(H,18,19). The summed E-state index contributed by atoms with van der Waals surface area (Å²) in [7, 11) is 0. The highest BCUT2D eigenvalue weighted by atomic mass is 15.3. The highest BCUT2D eigenvalue weighted by molar-refractivity contribution is 5.98. The Bertz CT molecular complexity index is 401. The van der Waals surface area contributed by atoms with Crippen molar-refractivity contribution in [1.29, 1.82) is 0 Å². The third-order valence-electron chi connectivity index (χ3n) is 3.91. The summed E-state index contributed by atoms with van der Waals surface area (Å²) >= 11 is 0. The SMILES string of the molecule is CCc1ccc(C(=NC2CCCCCC2)NN)cc1. The number of nitrogens with two attached hydrogens (primary N) is 1. The Kier molecular flexibility index (Phi) is 5.40. The number of rotatable bonds is 3. The summed E-state index contributed by atoms with van der Waals surface area (Å²) in [5.74, 6) is 6.48. The number of hydrazine groups is 1. The van der Waals surface area contributed by atoms with E-state index in [1.807, 2.05) is 0 Å². The summed E-state index contributed by atoms with van der Waals surface area (Å²) in [4.78, 5) is 4.82. The third kappa shape index (κ3) is 4.06. The minimum absolute atomic E-state index is 0.430. The van der Waals surface area contributed by atoms with Crippen molar-refractivity contribution in [1.82, 2.24) is 5.43 Å². The Labute approximate surface area is 116 Å². The van der Waals surface area contributed by atoms with Crippen molar-refractivity contribution in [2.24, 2.45) is 10.8 Å². The van der Waals surface area contributed by atoms with E-state index in [1.165, 1.54) is 44.1 Å². The highest BCUT2D eigenvalue weighted by Crippen LogP contribution is 2.20. The fourth-order valence-corrected chi connectivity index (χ4v) is 2.66. The van der Waals surface area contributed by atoms with Crippen molar-refractivity contribution in [2.75, 3.05) is 0 Å². The first kappa shape index (κ1) is 14.1. The molecule has 3 heteroatoms. The lowest BCUT2D eigenvalue weighted by Crippen LogP contribution is -2.32. The van der Waals surface area contributed by atoms with Crippen LogP contribution >= 0.6 is 0 Å². The number of nitrogens with one attached hydrogen (secondary N) is 1. The van der Waals surface area contributed by atoms with Crippen molar-refractivity contribution in [3.8, 4) is 0 Å². The van der Waals surface area contributed by atoms with Gasteiger partial charge in [-0.25, -0.2) is 5.84 Å². The van der Waals surface area contributed by atoms with Crippen LogP contribution in [-0.2, 0) is 6.42 Å². The van der Waals surface area contributed by atoms with Crippen LogP contribution in [0.2, 0.25) is 0 Å². The van der Waals surface area contributed by atoms with Gasteiger partial charge in [0.15, 0.2) is 0 Å². The summed E-state index contributed by atoms with van der Waals surface area (Å²) in [5, 5.41) is 0. The van der Waals surface area contributed by atoms with Crippen molar-refractivity contribution in [2.45, 2.75) is 57.9 Å². The van der Waals surface area contributed by atoms with Gasteiger partial charge in [0.1, 0.15) is 5.84 Å². The van der Waals surface area contributed by atoms with Crippen LogP contribution in [0.5, 0.6) is 0 Å². The van der Waals surface area contributed by atoms with Gasteiger partial charge in [0.05, 0.1) is 6.04 Å². The van der Waals surface area contributed by atoms with Crippen LogP contribution in [0.25, 0.3) is 0 Å². The average Bonchev–Trinajstić information content (AvgIpc) is 2.73. The molecule has 0 atom stereocenters. The quantitative estimate of drug-likeness (QED) is 0.288. The lowest BCUT2D eigenvalue weighted by molar-refractivity contribution is 0.583. The normalized spacial score (nSPS) is 18.1. The van der Waals surface area contributed by atoms with Gasteiger partial charge >= 0.3 is 0 Å². The number of amidine groups is 1. The number of benzene rings is 1. The lowest BCUT2D eigenvalue weighted by atomic mass is 10.1. The van der Waals surface area contributed by atoms with Gasteiger partial charge in [0.25, 0.3) is 0 Å². The summed E-state index contributed by atoms with van der Waals surface area (Å²) in [6.07, 6.45) is 8.73. The average molecular weight is 259 g/mol. The smallest absolute Gasteiger partial charge is 0.142 e. The second-order valence-electron chi connectivity index (χ2n) is 5.32. The van der Waals surface area contributed by atoms with Gasteiger partial charge in [-0.3, -0.25) is 4.99 Å². The minimum atomic E-state index is 0.430. The van der Waals surface area contributed by atoms with Crippen molar-refractivity contribution in [3.05, 3.63) is 35.4 Å². The van der Waals surface area contributed by atoms with Gasteiger partial charge in [0, 0.05) is 5.56 Å². The molecule has 1 aromatic carbocycles. The zero-order chi connectivity index (χ0) is 13.5. The van der Waals surface area contributed by atoms with Gasteiger partial charge in [-0.2, -0.15) is 0 Å². The second kappa shape index (κ2) is 7.29. The first-order valence-electron chi connectivity index (χ1n) is 7.47. The lowest BCUT2D eigenvalue weighted by Gasteiger charge is -2.13. The fourth-order valence-electron chi connectivity index (χ4n) is 2.66. The molecule has 1 aromatic rings. The van der Waals surface area contributed by atoms with E-state index >= 15 is 0 Å². The molecular formula is C16H25N3. The molecule has 0 saturated heterocycles. The molecule has 1 saturated carbocycles. The molecule has 0 aromatic heterocycles. The molecule has 19 heavy (non-hydrogen) atoms. The van der Waals surface area contributed by atoms with Crippen LogP contribution in [0.3, 0.4) is 0 Å². The number of hydrogen-bond donors (Lipinski definition) is 2. The molecule has 1 aliphatic rings. The molecule has 104 valence electrons. The van der Waals surface area contributed by atoms with E-state index in [2.05, 4.69) is 36.6 Å². The van der Waals surface area contributed by atoms with Gasteiger partial charge < -0.3 is 5.43 Å². The molecule has 1 fully saturated rings. The minimum Gasteiger partial charge on any atom is -0.308 e. The highest BCUT2D eigenvalue weighted by Gasteiger charge is 2.12. The van der Waals surface area contributed by atoms with Crippen molar-refractivity contribution >= 4 is 5.84 Å². The van der Waals surface area contributed by atoms with Crippen LogP contribution in [0.1, 0.15) is 56.6 Å². The van der Waals surface area contributed by atoms with Crippen LogP contribution in [0.4, 0.5) is 0 Å². The zero-order valence-corrected chi connectivity index (χ0v) is 11.9. The van der Waals surface area contributed by atoms with Crippen molar-refractivity contribution in [3.63, 3.8) is 0 Å². The summed E-state index contributed by atoms with van der Waals surface area (Å²) in [6, 6.07) is 8.94. The molecule has 0 amide bonds. The van der Waals surface area contributed by atoms with Gasteiger partial charge in [-0.15, -0.1) is 0 Å². The maximum atomic E-state index is 5.65. The molecule has 0 radical (unpaired) electrons. The Morgan fingerprint density at radius 1 is 1.16 bits per heavy atom. The Balaban J connectivity index is 2.12. The Hall–Kier alpha value is -1.35. The van der Waals surface area contributed by atoms with Crippen LogP contribution in [0.15, 0.2) is 29.3 Å². The molecule has 0 spiro atoms. The molecule has 0 aliphatic heterocycles. The summed E-state index contributed by atoms with van der Waals surface area (Å²) in [6.45, 7) is 2.16. The van der Waals surface area contributed by atoms with E-state index in [9.17, 15) is 0 Å². The van der Waals surface area contributed by atoms with E-state index in [0.717, 1.165) is 17.8 Å². The monoisotopic (exact) mass is 259 g/mol. The Morgan fingerprint density at radius 2 is 1.79 bits per heavy atom. The zero-order valence-electron chi connectivity index (χ0n) is 11.9. The maximum Gasteiger partial charge on any atom is 0.142 e. The molecule has 3 N–H and O–H groups in total. The Morgan fingerprint density at radius 3 is 2.32 bits per heavy atom. The van der Waals surface area contributed by atoms with E-state index in [-0.39, 0.29) is 0 Å². The van der Waals surface area contributed by atoms with Gasteiger partial charge in [-0.1, -0.05) is 56.9 Å². The molecule has 3 nitrogen and oxygen atoms in total. The molecule has 1 aliphatic carbocycles. The van der Waals surface area contributed by atoms with Crippen molar-refractivity contribution < 1.29 is 0 Å². The van der Waals surface area contributed by atoms with E-state index in [4.69, 9.17) is 10.8 Å². The number of nitrogens with zero attached hydrogens (tertiary/aromatic N) is 1. The van der Waals surface area contributed by atoms with Crippen LogP contribution in [-0.4, -0.2) is 11.9 Å². The van der Waals surface area contributed by atoms with E-state index in [1.54, 1.807) is 0 Å². The fraction of sp³-hybridized carbons (Fsp3) is 0.562. The number of hydrogen-bond acceptors (Lipinski definition) is 2. The molecular weight excluding hydrogens is 234 g/mol. The van der Waals surface area contributed by atoms with E-state index < -0.39 is 0 Å². The predicted octanol–water partition coefficient (Wildman–Crippen LogP) is 3.18. The summed E-state index contributed by atoms with van der Waals surface area (Å²) < 4.78 is 0. The van der Waals surface area contributed by atoms with Crippen LogP contribution in [0, 0.1) is 0 Å².